The minimum Gasteiger partial charge on any atom is -0.355 e. The van der Waals surface area contributed by atoms with Gasteiger partial charge in [0.1, 0.15) is 0 Å². The molecule has 0 aromatic heterocycles. The molecule has 2 aliphatic rings. The minimum absolute atomic E-state index is 0.575. The van der Waals surface area contributed by atoms with Gasteiger partial charge in [0.2, 0.25) is 0 Å². The van der Waals surface area contributed by atoms with E-state index in [4.69, 9.17) is 0 Å². The fourth-order valence-corrected chi connectivity index (χ4v) is 4.43. The number of nitrogens with one attached hydrogen (secondary N) is 2. The van der Waals surface area contributed by atoms with Crippen LogP contribution in [0.1, 0.15) is 50.7 Å². The monoisotopic (exact) mass is 385 g/mol. The number of guanidine groups is 1. The average molecular weight is 386 g/mol. The lowest BCUT2D eigenvalue weighted by Gasteiger charge is -2.31. The molecule has 156 valence electrons. The Balaban J connectivity index is 1.44. The first-order chi connectivity index (χ1) is 13.7. The van der Waals surface area contributed by atoms with Gasteiger partial charge in [-0.3, -0.25) is 14.8 Å². The number of likely N-dealkylation sites (tertiary alicyclic amines) is 2. The van der Waals surface area contributed by atoms with Gasteiger partial charge in [-0.1, -0.05) is 38.1 Å². The van der Waals surface area contributed by atoms with Crippen LogP contribution in [-0.2, 0) is 13.1 Å². The predicted octanol–water partition coefficient (Wildman–Crippen LogP) is 3.07. The van der Waals surface area contributed by atoms with E-state index in [9.17, 15) is 0 Å². The van der Waals surface area contributed by atoms with Crippen LogP contribution in [0.3, 0.4) is 0 Å². The van der Waals surface area contributed by atoms with E-state index in [1.165, 1.54) is 63.0 Å². The topological polar surface area (TPSA) is 42.9 Å². The molecule has 0 aliphatic carbocycles. The van der Waals surface area contributed by atoms with Gasteiger partial charge in [-0.15, -0.1) is 0 Å². The third-order valence-electron chi connectivity index (χ3n) is 6.17. The molecular formula is C23H39N5. The number of benzene rings is 1. The maximum Gasteiger partial charge on any atom is 0.191 e. The van der Waals surface area contributed by atoms with Crippen LogP contribution >= 0.6 is 0 Å². The van der Waals surface area contributed by atoms with Crippen molar-refractivity contribution in [3.63, 3.8) is 0 Å². The first-order valence-corrected chi connectivity index (χ1v) is 11.1. The zero-order valence-corrected chi connectivity index (χ0v) is 18.1. The van der Waals surface area contributed by atoms with Gasteiger partial charge in [0, 0.05) is 32.7 Å². The van der Waals surface area contributed by atoms with E-state index < -0.39 is 0 Å². The fourth-order valence-electron chi connectivity index (χ4n) is 4.43. The third-order valence-corrected chi connectivity index (χ3v) is 6.17. The molecule has 0 radical (unpaired) electrons. The Morgan fingerprint density at radius 1 is 0.929 bits per heavy atom. The molecule has 5 nitrogen and oxygen atoms in total. The molecule has 0 amide bonds. The number of hydrogen-bond donors (Lipinski definition) is 2. The Hall–Kier alpha value is -1.59. The zero-order chi connectivity index (χ0) is 19.8. The Morgan fingerprint density at radius 2 is 1.54 bits per heavy atom. The molecule has 2 N–H and O–H groups in total. The van der Waals surface area contributed by atoms with Gasteiger partial charge < -0.3 is 10.6 Å². The van der Waals surface area contributed by atoms with E-state index in [0.29, 0.717) is 12.0 Å². The highest BCUT2D eigenvalue weighted by Gasteiger charge is 2.24. The average Bonchev–Trinajstić information content (AvgIpc) is 3.40. The SMILES string of the molecule is CN=C(NCc1ccc(CN2CCCC2)cc1)NCC(C(C)C)N1CCCC1. The number of hydrogen-bond acceptors (Lipinski definition) is 3. The molecule has 1 unspecified atom stereocenters. The zero-order valence-electron chi connectivity index (χ0n) is 18.1. The van der Waals surface area contributed by atoms with E-state index in [1.54, 1.807) is 0 Å². The molecule has 2 heterocycles. The number of nitrogens with zero attached hydrogens (tertiary/aromatic N) is 3. The quantitative estimate of drug-likeness (QED) is 0.533. The molecule has 2 fully saturated rings. The normalized spacial score (nSPS) is 20.1. The van der Waals surface area contributed by atoms with Crippen molar-refractivity contribution >= 4 is 5.96 Å². The van der Waals surface area contributed by atoms with Gasteiger partial charge in [0.15, 0.2) is 5.96 Å². The van der Waals surface area contributed by atoms with Crippen molar-refractivity contribution in [2.75, 3.05) is 39.8 Å². The second-order valence-electron chi connectivity index (χ2n) is 8.66. The van der Waals surface area contributed by atoms with Crippen molar-refractivity contribution in [1.29, 1.82) is 0 Å². The van der Waals surface area contributed by atoms with Gasteiger partial charge in [-0.05, 0) is 68.9 Å². The molecule has 1 aromatic carbocycles. The fraction of sp³-hybridized carbons (Fsp3) is 0.696. The van der Waals surface area contributed by atoms with Crippen molar-refractivity contribution in [1.82, 2.24) is 20.4 Å². The molecule has 2 aliphatic heterocycles. The lowest BCUT2D eigenvalue weighted by Crippen LogP contribution is -2.48. The van der Waals surface area contributed by atoms with Crippen molar-refractivity contribution in [2.24, 2.45) is 10.9 Å². The van der Waals surface area contributed by atoms with E-state index in [1.807, 2.05) is 7.05 Å². The highest BCUT2D eigenvalue weighted by molar-refractivity contribution is 5.79. The van der Waals surface area contributed by atoms with Crippen LogP contribution in [0.2, 0.25) is 0 Å². The summed E-state index contributed by atoms with van der Waals surface area (Å²) >= 11 is 0. The Labute approximate surface area is 171 Å². The molecule has 1 atom stereocenters. The Bertz CT molecular complexity index is 598. The predicted molar refractivity (Wildman–Crippen MR) is 119 cm³/mol. The summed E-state index contributed by atoms with van der Waals surface area (Å²) in [5.74, 6) is 1.54. The van der Waals surface area contributed by atoms with E-state index in [-0.39, 0.29) is 0 Å². The molecule has 2 saturated heterocycles. The van der Waals surface area contributed by atoms with Crippen molar-refractivity contribution in [3.8, 4) is 0 Å². The van der Waals surface area contributed by atoms with Crippen LogP contribution in [0.25, 0.3) is 0 Å². The highest BCUT2D eigenvalue weighted by Crippen LogP contribution is 2.17. The van der Waals surface area contributed by atoms with Crippen LogP contribution in [0.4, 0.5) is 0 Å². The van der Waals surface area contributed by atoms with Gasteiger partial charge >= 0.3 is 0 Å². The highest BCUT2D eigenvalue weighted by atomic mass is 15.2. The lowest BCUT2D eigenvalue weighted by atomic mass is 10.0. The second kappa shape index (κ2) is 10.8. The maximum atomic E-state index is 4.42. The standard InChI is InChI=1S/C23H39N5/c1-19(2)22(28-14-6-7-15-28)17-26-23(24-3)25-16-20-8-10-21(11-9-20)18-27-12-4-5-13-27/h8-11,19,22H,4-7,12-18H2,1-3H3,(H2,24,25,26). The molecule has 1 aromatic rings. The van der Waals surface area contributed by atoms with E-state index in [0.717, 1.165) is 25.6 Å². The summed E-state index contributed by atoms with van der Waals surface area (Å²) in [6.07, 6.45) is 5.38. The van der Waals surface area contributed by atoms with Crippen LogP contribution in [0.5, 0.6) is 0 Å². The van der Waals surface area contributed by atoms with Crippen LogP contribution < -0.4 is 10.6 Å². The number of aliphatic imine (C=N–C) groups is 1. The molecule has 3 rings (SSSR count). The van der Waals surface area contributed by atoms with Crippen molar-refractivity contribution in [2.45, 2.75) is 58.7 Å². The Kier molecular flexibility index (Phi) is 8.16. The first kappa shape index (κ1) is 21.1. The molecule has 0 saturated carbocycles. The maximum absolute atomic E-state index is 4.42. The van der Waals surface area contributed by atoms with Gasteiger partial charge in [0.05, 0.1) is 0 Å². The van der Waals surface area contributed by atoms with Crippen molar-refractivity contribution < 1.29 is 0 Å². The molecular weight excluding hydrogens is 346 g/mol. The first-order valence-electron chi connectivity index (χ1n) is 11.1. The van der Waals surface area contributed by atoms with Gasteiger partial charge in [-0.2, -0.15) is 0 Å². The Morgan fingerprint density at radius 3 is 2.14 bits per heavy atom. The third kappa shape index (κ3) is 6.21. The molecule has 0 bridgehead atoms. The lowest BCUT2D eigenvalue weighted by molar-refractivity contribution is 0.192. The van der Waals surface area contributed by atoms with Gasteiger partial charge in [0.25, 0.3) is 0 Å². The van der Waals surface area contributed by atoms with Crippen molar-refractivity contribution in [3.05, 3.63) is 35.4 Å². The van der Waals surface area contributed by atoms with Crippen LogP contribution in [0.15, 0.2) is 29.3 Å². The van der Waals surface area contributed by atoms with Gasteiger partial charge in [-0.25, -0.2) is 0 Å². The molecule has 28 heavy (non-hydrogen) atoms. The summed E-state index contributed by atoms with van der Waals surface area (Å²) in [6, 6.07) is 9.60. The molecule has 0 spiro atoms. The smallest absolute Gasteiger partial charge is 0.191 e. The summed E-state index contributed by atoms with van der Waals surface area (Å²) in [4.78, 5) is 9.59. The molecule has 5 heteroatoms. The largest absolute Gasteiger partial charge is 0.355 e. The summed E-state index contributed by atoms with van der Waals surface area (Å²) in [6.45, 7) is 12.5. The van der Waals surface area contributed by atoms with E-state index in [2.05, 4.69) is 63.5 Å². The minimum atomic E-state index is 0.575. The van der Waals surface area contributed by atoms with Crippen LogP contribution in [0, 0.1) is 5.92 Å². The second-order valence-corrected chi connectivity index (χ2v) is 8.66. The summed E-state index contributed by atoms with van der Waals surface area (Å²) < 4.78 is 0. The summed E-state index contributed by atoms with van der Waals surface area (Å²) in [7, 11) is 1.86. The number of rotatable bonds is 8. The van der Waals surface area contributed by atoms with E-state index >= 15 is 0 Å². The van der Waals surface area contributed by atoms with Crippen LogP contribution in [-0.4, -0.2) is 61.6 Å². The summed E-state index contributed by atoms with van der Waals surface area (Å²) in [5, 5.41) is 7.02. The summed E-state index contributed by atoms with van der Waals surface area (Å²) in [5.41, 5.74) is 2.71.